The van der Waals surface area contributed by atoms with E-state index < -0.39 is 21.9 Å². The molecule has 1 aromatic rings. The van der Waals surface area contributed by atoms with Crippen LogP contribution in [0.1, 0.15) is 17.4 Å². The van der Waals surface area contributed by atoms with E-state index in [4.69, 9.17) is 5.11 Å². The zero-order valence-corrected chi connectivity index (χ0v) is 11.8. The van der Waals surface area contributed by atoms with E-state index in [0.29, 0.717) is 6.54 Å². The van der Waals surface area contributed by atoms with Gasteiger partial charge < -0.3 is 15.0 Å². The summed E-state index contributed by atoms with van der Waals surface area (Å²) < 4.78 is 26.2. The molecule has 0 radical (unpaired) electrons. The monoisotopic (exact) mass is 303 g/mol. The average Bonchev–Trinajstić information content (AvgIpc) is 2.76. The molecule has 0 aliphatic carbocycles. The van der Waals surface area contributed by atoms with Gasteiger partial charge in [0.05, 0.1) is 5.75 Å². The Morgan fingerprint density at radius 1 is 1.40 bits per heavy atom. The third-order valence-electron chi connectivity index (χ3n) is 2.42. The molecule has 1 amide bonds. The summed E-state index contributed by atoms with van der Waals surface area (Å²) in [6.07, 6.45) is 1.47. The van der Waals surface area contributed by atoms with E-state index in [0.717, 1.165) is 0 Å². The van der Waals surface area contributed by atoms with Gasteiger partial charge in [0, 0.05) is 19.3 Å². The zero-order chi connectivity index (χ0) is 15.2. The van der Waals surface area contributed by atoms with Crippen LogP contribution in [0.5, 0.6) is 0 Å². The molecule has 0 atom stereocenters. The Morgan fingerprint density at radius 2 is 2.10 bits per heavy atom. The van der Waals surface area contributed by atoms with Crippen molar-refractivity contribution in [2.24, 2.45) is 0 Å². The van der Waals surface area contributed by atoms with E-state index >= 15 is 0 Å². The molecule has 20 heavy (non-hydrogen) atoms. The van der Waals surface area contributed by atoms with Crippen molar-refractivity contribution in [3.05, 3.63) is 24.0 Å². The van der Waals surface area contributed by atoms with Crippen LogP contribution in [0.4, 0.5) is 0 Å². The first-order valence-electron chi connectivity index (χ1n) is 5.98. The second-order valence-electron chi connectivity index (χ2n) is 3.99. The van der Waals surface area contributed by atoms with Crippen molar-refractivity contribution in [1.29, 1.82) is 0 Å². The molecular formula is C11H17N3O5S. The minimum absolute atomic E-state index is 0.000390. The fourth-order valence-electron chi connectivity index (χ4n) is 1.57. The van der Waals surface area contributed by atoms with Gasteiger partial charge in [-0.05, 0) is 12.1 Å². The summed E-state index contributed by atoms with van der Waals surface area (Å²) >= 11 is 0. The third-order valence-corrected chi connectivity index (χ3v) is 3.89. The molecule has 0 unspecified atom stereocenters. The summed E-state index contributed by atoms with van der Waals surface area (Å²) in [5, 5.41) is 11.3. The first-order valence-corrected chi connectivity index (χ1v) is 7.63. The van der Waals surface area contributed by atoms with Crippen LogP contribution in [-0.2, 0) is 21.4 Å². The molecule has 0 spiro atoms. The molecule has 0 aromatic carbocycles. The van der Waals surface area contributed by atoms with Gasteiger partial charge in [0.15, 0.2) is 0 Å². The molecule has 0 saturated carbocycles. The van der Waals surface area contributed by atoms with Crippen LogP contribution in [-0.4, -0.2) is 48.8 Å². The lowest BCUT2D eigenvalue weighted by Crippen LogP contribution is -2.36. The van der Waals surface area contributed by atoms with Crippen molar-refractivity contribution < 1.29 is 23.1 Å². The van der Waals surface area contributed by atoms with Crippen LogP contribution < -0.4 is 10.0 Å². The lowest BCUT2D eigenvalue weighted by Gasteiger charge is -2.08. The van der Waals surface area contributed by atoms with E-state index in [9.17, 15) is 18.0 Å². The quantitative estimate of drug-likeness (QED) is 0.583. The molecule has 0 bridgehead atoms. The summed E-state index contributed by atoms with van der Waals surface area (Å²) in [5.74, 6) is -1.79. The van der Waals surface area contributed by atoms with Crippen LogP contribution in [0.3, 0.4) is 0 Å². The molecule has 1 rings (SSSR count). The highest BCUT2D eigenvalue weighted by atomic mass is 32.2. The maximum atomic E-state index is 11.6. The number of aromatic carboxylic acids is 1. The van der Waals surface area contributed by atoms with Gasteiger partial charge in [0.1, 0.15) is 12.2 Å². The maximum Gasteiger partial charge on any atom is 0.352 e. The Bertz CT molecular complexity index is 579. The van der Waals surface area contributed by atoms with E-state index in [1.807, 2.05) is 0 Å². The Kier molecular flexibility index (Phi) is 5.71. The second-order valence-corrected chi connectivity index (χ2v) is 5.92. The highest BCUT2D eigenvalue weighted by Gasteiger charge is 2.12. The Labute approximate surface area is 116 Å². The number of carboxylic acid groups (broad SMARTS) is 1. The topological polar surface area (TPSA) is 118 Å². The van der Waals surface area contributed by atoms with Gasteiger partial charge in [-0.25, -0.2) is 17.9 Å². The fourth-order valence-corrected chi connectivity index (χ4v) is 2.53. The minimum atomic E-state index is -3.38. The average molecular weight is 303 g/mol. The summed E-state index contributed by atoms with van der Waals surface area (Å²) in [5.41, 5.74) is 0.000390. The highest BCUT2D eigenvalue weighted by molar-refractivity contribution is 7.89. The number of sulfonamides is 1. The van der Waals surface area contributed by atoms with Crippen molar-refractivity contribution in [2.75, 3.05) is 18.8 Å². The number of carboxylic acids is 1. The molecule has 0 aliphatic heterocycles. The Balaban J connectivity index is 2.45. The van der Waals surface area contributed by atoms with Gasteiger partial charge in [-0.3, -0.25) is 4.79 Å². The Morgan fingerprint density at radius 3 is 2.70 bits per heavy atom. The molecule has 0 saturated heterocycles. The standard InChI is InChI=1S/C11H17N3O5S/c1-2-13-20(18,19)7-5-12-10(15)8-14-6-3-4-9(14)11(16)17/h3-4,6,13H,2,5,7-8H2,1H3,(H,12,15)(H,16,17). The lowest BCUT2D eigenvalue weighted by atomic mass is 10.4. The second kappa shape index (κ2) is 7.06. The summed E-state index contributed by atoms with van der Waals surface area (Å²) in [6, 6.07) is 2.90. The van der Waals surface area contributed by atoms with E-state index in [2.05, 4.69) is 10.0 Å². The van der Waals surface area contributed by atoms with Gasteiger partial charge in [0.25, 0.3) is 0 Å². The van der Waals surface area contributed by atoms with Crippen molar-refractivity contribution in [3.63, 3.8) is 0 Å². The number of carbonyl (C=O) groups is 2. The molecule has 9 heteroatoms. The van der Waals surface area contributed by atoms with Crippen molar-refractivity contribution in [2.45, 2.75) is 13.5 Å². The SMILES string of the molecule is CCNS(=O)(=O)CCNC(=O)Cn1cccc1C(=O)O. The molecule has 112 valence electrons. The molecule has 0 fully saturated rings. The summed E-state index contributed by atoms with van der Waals surface area (Å²) in [7, 11) is -3.38. The van der Waals surface area contributed by atoms with Gasteiger partial charge in [-0.2, -0.15) is 0 Å². The van der Waals surface area contributed by atoms with Crippen LogP contribution in [0, 0.1) is 0 Å². The normalized spacial score (nSPS) is 11.2. The molecule has 1 heterocycles. The molecular weight excluding hydrogens is 286 g/mol. The highest BCUT2D eigenvalue weighted by Crippen LogP contribution is 2.01. The van der Waals surface area contributed by atoms with Crippen LogP contribution in [0.25, 0.3) is 0 Å². The van der Waals surface area contributed by atoms with Crippen molar-refractivity contribution in [1.82, 2.24) is 14.6 Å². The van der Waals surface area contributed by atoms with E-state index in [1.165, 1.54) is 22.9 Å². The first-order chi connectivity index (χ1) is 9.35. The third kappa shape index (κ3) is 5.02. The summed E-state index contributed by atoms with van der Waals surface area (Å²) in [6.45, 7) is 1.75. The lowest BCUT2D eigenvalue weighted by molar-refractivity contribution is -0.121. The van der Waals surface area contributed by atoms with Gasteiger partial charge >= 0.3 is 5.97 Å². The number of nitrogens with one attached hydrogen (secondary N) is 2. The van der Waals surface area contributed by atoms with E-state index in [-0.39, 0.29) is 24.5 Å². The minimum Gasteiger partial charge on any atom is -0.477 e. The van der Waals surface area contributed by atoms with Gasteiger partial charge in [-0.15, -0.1) is 0 Å². The van der Waals surface area contributed by atoms with Crippen molar-refractivity contribution in [3.8, 4) is 0 Å². The molecule has 1 aromatic heterocycles. The van der Waals surface area contributed by atoms with Crippen LogP contribution in [0.15, 0.2) is 18.3 Å². The number of carbonyl (C=O) groups excluding carboxylic acids is 1. The number of hydrogen-bond acceptors (Lipinski definition) is 4. The Hall–Kier alpha value is -1.87. The first kappa shape index (κ1) is 16.2. The predicted octanol–water partition coefficient (Wildman–Crippen LogP) is -0.758. The number of rotatable bonds is 8. The number of nitrogens with zero attached hydrogens (tertiary/aromatic N) is 1. The number of amides is 1. The van der Waals surface area contributed by atoms with E-state index in [1.54, 1.807) is 6.92 Å². The number of hydrogen-bond donors (Lipinski definition) is 3. The molecule has 0 aliphatic rings. The smallest absolute Gasteiger partial charge is 0.352 e. The summed E-state index contributed by atoms with van der Waals surface area (Å²) in [4.78, 5) is 22.4. The number of aromatic nitrogens is 1. The fraction of sp³-hybridized carbons (Fsp3) is 0.455. The zero-order valence-electron chi connectivity index (χ0n) is 11.0. The van der Waals surface area contributed by atoms with Gasteiger partial charge in [0.2, 0.25) is 15.9 Å². The van der Waals surface area contributed by atoms with Crippen LogP contribution >= 0.6 is 0 Å². The van der Waals surface area contributed by atoms with Crippen molar-refractivity contribution >= 4 is 21.9 Å². The largest absolute Gasteiger partial charge is 0.477 e. The molecule has 8 nitrogen and oxygen atoms in total. The van der Waals surface area contributed by atoms with Crippen LogP contribution in [0.2, 0.25) is 0 Å². The van der Waals surface area contributed by atoms with Gasteiger partial charge in [-0.1, -0.05) is 6.92 Å². The molecule has 3 N–H and O–H groups in total. The maximum absolute atomic E-state index is 11.6. The predicted molar refractivity (Wildman–Crippen MR) is 71.9 cm³/mol.